The number of ether oxygens (including phenoxy) is 2. The van der Waals surface area contributed by atoms with Gasteiger partial charge in [0.15, 0.2) is 6.10 Å². The molecule has 0 heterocycles. The quantitative estimate of drug-likeness (QED) is 0.0200. The molecule has 0 aromatic carbocycles. The number of phosphoric acid groups is 1. The minimum atomic E-state index is -4.80. The first kappa shape index (κ1) is 56.6. The molecule has 0 amide bonds. The highest BCUT2D eigenvalue weighted by molar-refractivity contribution is 7.47. The van der Waals surface area contributed by atoms with Crippen molar-refractivity contribution in [2.75, 3.05) is 19.8 Å². The van der Waals surface area contributed by atoms with Crippen LogP contribution in [0.1, 0.15) is 110 Å². The number of hydrogen-bond donors (Lipinski definition) is 4. The maximum Gasteiger partial charge on any atom is 0.472 e. The van der Waals surface area contributed by atoms with E-state index in [-0.39, 0.29) is 25.7 Å². The summed E-state index contributed by atoms with van der Waals surface area (Å²) in [5.41, 5.74) is 5.31. The summed E-state index contributed by atoms with van der Waals surface area (Å²) in [4.78, 5) is 45.9. The minimum absolute atomic E-state index is 0.0463. The van der Waals surface area contributed by atoms with E-state index in [4.69, 9.17) is 24.8 Å². The van der Waals surface area contributed by atoms with Crippen LogP contribution in [0, 0.1) is 0 Å². The number of aliphatic hydroxyl groups is 1. The van der Waals surface area contributed by atoms with E-state index >= 15 is 0 Å². The fraction of sp³-hybridized carbons (Fsp3) is 0.479. The third-order valence-corrected chi connectivity index (χ3v) is 8.96. The summed E-state index contributed by atoms with van der Waals surface area (Å²) in [5.74, 6) is -2.74. The average Bonchev–Trinajstić information content (AvgIpc) is 3.23. The number of rotatable bonds is 37. The van der Waals surface area contributed by atoms with E-state index in [0.29, 0.717) is 12.8 Å². The molecule has 0 bridgehead atoms. The first-order valence-electron chi connectivity index (χ1n) is 21.3. The highest BCUT2D eigenvalue weighted by Gasteiger charge is 2.28. The number of carboxylic acid groups (broad SMARTS) is 1. The van der Waals surface area contributed by atoms with Gasteiger partial charge in [0.2, 0.25) is 0 Å². The normalized spacial score (nSPS) is 15.5. The molecular formula is C48H72NO11P. The van der Waals surface area contributed by atoms with Gasteiger partial charge in [0.05, 0.1) is 19.3 Å². The van der Waals surface area contributed by atoms with Gasteiger partial charge in [-0.15, -0.1) is 0 Å². The van der Waals surface area contributed by atoms with E-state index in [1.807, 2.05) is 30.4 Å². The van der Waals surface area contributed by atoms with Crippen LogP contribution in [-0.4, -0.2) is 71.1 Å². The van der Waals surface area contributed by atoms with Crippen LogP contribution in [0.4, 0.5) is 0 Å². The van der Waals surface area contributed by atoms with E-state index in [0.717, 1.165) is 57.8 Å². The lowest BCUT2D eigenvalue weighted by Gasteiger charge is -2.20. The van der Waals surface area contributed by atoms with Crippen LogP contribution in [0.5, 0.6) is 0 Å². The zero-order valence-corrected chi connectivity index (χ0v) is 37.2. The Bertz CT molecular complexity index is 1550. The molecule has 0 radical (unpaired) electrons. The van der Waals surface area contributed by atoms with Crippen molar-refractivity contribution >= 4 is 25.7 Å². The zero-order valence-electron chi connectivity index (χ0n) is 36.3. The molecule has 340 valence electrons. The van der Waals surface area contributed by atoms with Gasteiger partial charge < -0.3 is 30.3 Å². The first-order valence-corrected chi connectivity index (χ1v) is 22.8. The van der Waals surface area contributed by atoms with Crippen molar-refractivity contribution in [3.05, 3.63) is 134 Å². The molecule has 12 nitrogen and oxygen atoms in total. The molecule has 0 saturated heterocycles. The van der Waals surface area contributed by atoms with Crippen molar-refractivity contribution in [3.8, 4) is 0 Å². The maximum absolute atomic E-state index is 12.6. The van der Waals surface area contributed by atoms with Gasteiger partial charge in [-0.05, 0) is 83.5 Å². The van der Waals surface area contributed by atoms with Gasteiger partial charge in [-0.25, -0.2) is 4.57 Å². The van der Waals surface area contributed by atoms with Crippen LogP contribution < -0.4 is 5.73 Å². The summed E-state index contributed by atoms with van der Waals surface area (Å²) < 4.78 is 32.4. The Balaban J connectivity index is 4.72. The molecule has 0 fully saturated rings. The summed E-state index contributed by atoms with van der Waals surface area (Å²) in [7, 11) is -4.80. The van der Waals surface area contributed by atoms with E-state index in [1.54, 1.807) is 12.2 Å². The molecule has 0 aliphatic heterocycles. The number of hydrogen-bond acceptors (Lipinski definition) is 10. The Morgan fingerprint density at radius 1 is 0.590 bits per heavy atom. The lowest BCUT2D eigenvalue weighted by molar-refractivity contribution is -0.161. The van der Waals surface area contributed by atoms with Gasteiger partial charge >= 0.3 is 25.7 Å². The molecule has 61 heavy (non-hydrogen) atoms. The van der Waals surface area contributed by atoms with E-state index in [2.05, 4.69) is 110 Å². The number of aliphatic hydroxyl groups excluding tert-OH is 1. The topological polar surface area (TPSA) is 192 Å². The lowest BCUT2D eigenvalue weighted by Crippen LogP contribution is -2.34. The van der Waals surface area contributed by atoms with E-state index in [9.17, 15) is 28.9 Å². The number of phosphoric ester groups is 1. The molecule has 0 aliphatic carbocycles. The third kappa shape index (κ3) is 40.7. The molecule has 0 aromatic heterocycles. The Morgan fingerprint density at radius 2 is 1.03 bits per heavy atom. The van der Waals surface area contributed by atoms with Gasteiger partial charge in [-0.3, -0.25) is 23.4 Å². The standard InChI is InChI=1S/C48H72NO11P/c1-3-5-7-9-11-13-15-17-18-19-20-21-22-24-26-28-30-32-34-38-46(51)57-40-44(41-58-61(55,56)59-42-45(49)48(53)54)60-47(52)39-35-37-43(50)36-33-31-29-27-25-23-16-14-12-10-8-6-4-2/h5-8,11-14,17-18,20-21,23-26,29-33,36,43-45,50H,3-4,9-10,15-16,19,22,27-28,34-35,37-42,49H2,1-2H3,(H,53,54)(H,55,56)/b7-5-,8-6-,13-11-,14-12-,18-17-,21-20-,25-23-,26-24-,31-29-,32-30-,36-33+/t43?,44-,45+/m1/s1. The molecule has 0 saturated carbocycles. The van der Waals surface area contributed by atoms with Crippen molar-refractivity contribution in [2.45, 2.75) is 128 Å². The molecule has 2 unspecified atom stereocenters. The smallest absolute Gasteiger partial charge is 0.472 e. The van der Waals surface area contributed by atoms with Crippen LogP contribution in [-0.2, 0) is 37.5 Å². The molecule has 0 rings (SSSR count). The highest BCUT2D eigenvalue weighted by atomic mass is 31.2. The fourth-order valence-corrected chi connectivity index (χ4v) is 5.48. The fourth-order valence-electron chi connectivity index (χ4n) is 4.70. The van der Waals surface area contributed by atoms with Crippen molar-refractivity contribution in [1.29, 1.82) is 0 Å². The van der Waals surface area contributed by atoms with Crippen molar-refractivity contribution < 1.29 is 52.6 Å². The number of carboxylic acids is 1. The second-order valence-corrected chi connectivity index (χ2v) is 15.0. The van der Waals surface area contributed by atoms with Gasteiger partial charge in [0.1, 0.15) is 12.6 Å². The summed E-state index contributed by atoms with van der Waals surface area (Å²) in [6.45, 7) is 2.26. The molecule has 0 aliphatic rings. The van der Waals surface area contributed by atoms with Crippen molar-refractivity contribution in [2.24, 2.45) is 5.73 Å². The van der Waals surface area contributed by atoms with E-state index < -0.39 is 63.8 Å². The van der Waals surface area contributed by atoms with E-state index in [1.165, 1.54) is 0 Å². The number of nitrogens with two attached hydrogens (primary N) is 1. The van der Waals surface area contributed by atoms with Crippen molar-refractivity contribution in [1.82, 2.24) is 0 Å². The van der Waals surface area contributed by atoms with Gasteiger partial charge in [0.25, 0.3) is 0 Å². The molecule has 0 aromatic rings. The molecule has 4 atom stereocenters. The molecule has 5 N–H and O–H groups in total. The summed E-state index contributed by atoms with van der Waals surface area (Å²) in [6.07, 6.45) is 52.8. The first-order chi connectivity index (χ1) is 29.5. The molecule has 0 spiro atoms. The summed E-state index contributed by atoms with van der Waals surface area (Å²) >= 11 is 0. The SMILES string of the molecule is CC/C=C\C/C=C\C/C=C\C/C=C\C=C\C(O)CCCC(=O)O[C@H](COC(=O)CC/C=C\C/C=C\C/C=C\C/C=C\C/C=C\C/C=C\CC)COP(=O)(O)OC[C@H](N)C(=O)O. The number of carbonyl (C=O) groups is 3. The van der Waals surface area contributed by atoms with Crippen molar-refractivity contribution in [3.63, 3.8) is 0 Å². The van der Waals surface area contributed by atoms with Crippen LogP contribution in [0.3, 0.4) is 0 Å². The Labute approximate surface area is 365 Å². The predicted octanol–water partition coefficient (Wildman–Crippen LogP) is 10.4. The number of aliphatic carboxylic acids is 1. The van der Waals surface area contributed by atoms with Crippen LogP contribution in [0.25, 0.3) is 0 Å². The Hall–Kier alpha value is -4.42. The predicted molar refractivity (Wildman–Crippen MR) is 245 cm³/mol. The lowest BCUT2D eigenvalue weighted by atomic mass is 10.1. The van der Waals surface area contributed by atoms with Gasteiger partial charge in [0, 0.05) is 12.8 Å². The molecular weight excluding hydrogens is 797 g/mol. The second-order valence-electron chi connectivity index (χ2n) is 13.6. The summed E-state index contributed by atoms with van der Waals surface area (Å²) in [5, 5.41) is 19.2. The van der Waals surface area contributed by atoms with Gasteiger partial charge in [-0.1, -0.05) is 148 Å². The van der Waals surface area contributed by atoms with Crippen LogP contribution in [0.15, 0.2) is 134 Å². The molecule has 13 heteroatoms. The second kappa shape index (κ2) is 41.0. The Kier molecular flexibility index (Phi) is 38.0. The largest absolute Gasteiger partial charge is 0.480 e. The Morgan fingerprint density at radius 3 is 1.51 bits per heavy atom. The number of allylic oxidation sites excluding steroid dienone is 21. The number of carbonyl (C=O) groups excluding carboxylic acids is 2. The maximum atomic E-state index is 12.6. The average molecular weight is 870 g/mol. The monoisotopic (exact) mass is 869 g/mol. The minimum Gasteiger partial charge on any atom is -0.480 e. The highest BCUT2D eigenvalue weighted by Crippen LogP contribution is 2.43. The number of esters is 2. The van der Waals surface area contributed by atoms with Crippen LogP contribution >= 0.6 is 7.82 Å². The van der Waals surface area contributed by atoms with Gasteiger partial charge in [-0.2, -0.15) is 0 Å². The summed E-state index contributed by atoms with van der Waals surface area (Å²) in [6, 6.07) is -1.57. The third-order valence-electron chi connectivity index (χ3n) is 8.01. The van der Waals surface area contributed by atoms with Crippen LogP contribution in [0.2, 0.25) is 0 Å². The zero-order chi connectivity index (χ0) is 45.1.